The molecule has 0 amide bonds. The van der Waals surface area contributed by atoms with Gasteiger partial charge in [0.1, 0.15) is 5.15 Å². The first kappa shape index (κ1) is 15.5. The number of hydrogen-bond acceptors (Lipinski definition) is 3. The van der Waals surface area contributed by atoms with Gasteiger partial charge < -0.3 is 4.57 Å². The Morgan fingerprint density at radius 3 is 2.70 bits per heavy atom. The first-order valence-electron chi connectivity index (χ1n) is 5.70. The number of imidazole rings is 1. The minimum Gasteiger partial charge on any atom is -0.324 e. The van der Waals surface area contributed by atoms with Crippen LogP contribution in [0.4, 0.5) is 0 Å². The highest BCUT2D eigenvalue weighted by Crippen LogP contribution is 2.23. The molecule has 8 heteroatoms. The summed E-state index contributed by atoms with van der Waals surface area (Å²) < 4.78 is 28.4. The minimum absolute atomic E-state index is 0.103. The topological polar surface area (TPSA) is 55.2 Å². The summed E-state index contributed by atoms with van der Waals surface area (Å²) in [5, 5.41) is -0.0229. The zero-order valence-electron chi connectivity index (χ0n) is 10.9. The maximum Gasteiger partial charge on any atom is 0.263 e. The summed E-state index contributed by atoms with van der Waals surface area (Å²) >= 11 is 9.31. The van der Waals surface area contributed by atoms with Crippen LogP contribution in [-0.4, -0.2) is 29.3 Å². The molecule has 0 spiro atoms. The van der Waals surface area contributed by atoms with Crippen LogP contribution >= 0.6 is 27.5 Å². The van der Waals surface area contributed by atoms with Crippen LogP contribution < -0.4 is 0 Å². The molecule has 2 rings (SSSR count). The molecule has 1 heterocycles. The fourth-order valence-corrected chi connectivity index (χ4v) is 3.67. The molecule has 0 saturated heterocycles. The van der Waals surface area contributed by atoms with Gasteiger partial charge in [-0.05, 0) is 17.7 Å². The van der Waals surface area contributed by atoms with Crippen molar-refractivity contribution in [3.05, 3.63) is 45.8 Å². The van der Waals surface area contributed by atoms with Crippen LogP contribution in [-0.2, 0) is 23.6 Å². The van der Waals surface area contributed by atoms with Crippen molar-refractivity contribution in [3.63, 3.8) is 0 Å². The molecule has 0 aliphatic heterocycles. The first-order chi connectivity index (χ1) is 9.32. The molecular weight excluding hydrogens is 366 g/mol. The van der Waals surface area contributed by atoms with E-state index in [-0.39, 0.29) is 16.7 Å². The highest BCUT2D eigenvalue weighted by molar-refractivity contribution is 9.10. The maximum absolute atomic E-state index is 12.4. The molecule has 0 atom stereocenters. The molecule has 1 aromatic carbocycles. The number of sulfonamides is 1. The SMILES string of the molecule is CN(Cc1cccc(Br)c1)S(=O)(=O)c1ncn(C)c1Cl. The third kappa shape index (κ3) is 3.06. The zero-order chi connectivity index (χ0) is 14.9. The summed E-state index contributed by atoms with van der Waals surface area (Å²) in [5.74, 6) is 0. The summed E-state index contributed by atoms with van der Waals surface area (Å²) in [6.07, 6.45) is 1.38. The Balaban J connectivity index is 2.28. The normalized spacial score (nSPS) is 12.1. The summed E-state index contributed by atoms with van der Waals surface area (Å²) in [6.45, 7) is 0.245. The Hall–Kier alpha value is -0.890. The van der Waals surface area contributed by atoms with E-state index in [0.717, 1.165) is 10.0 Å². The van der Waals surface area contributed by atoms with Gasteiger partial charge in [0.2, 0.25) is 5.03 Å². The van der Waals surface area contributed by atoms with Crippen molar-refractivity contribution in [3.8, 4) is 0 Å². The van der Waals surface area contributed by atoms with E-state index in [9.17, 15) is 8.42 Å². The minimum atomic E-state index is -3.71. The number of halogens is 2. The highest BCUT2D eigenvalue weighted by atomic mass is 79.9. The van der Waals surface area contributed by atoms with Crippen molar-refractivity contribution >= 4 is 37.6 Å². The number of nitrogens with zero attached hydrogens (tertiary/aromatic N) is 3. The average Bonchev–Trinajstić information content (AvgIpc) is 2.70. The number of aryl methyl sites for hydroxylation is 1. The van der Waals surface area contributed by atoms with Crippen LogP contribution in [0.5, 0.6) is 0 Å². The quantitative estimate of drug-likeness (QED) is 0.822. The molecule has 0 fully saturated rings. The molecular formula is C12H13BrClN3O2S. The van der Waals surface area contributed by atoms with E-state index in [2.05, 4.69) is 20.9 Å². The van der Waals surface area contributed by atoms with Crippen LogP contribution in [0.2, 0.25) is 5.15 Å². The first-order valence-corrected chi connectivity index (χ1v) is 8.31. The van der Waals surface area contributed by atoms with Gasteiger partial charge in [-0.15, -0.1) is 0 Å². The van der Waals surface area contributed by atoms with Crippen molar-refractivity contribution in [2.75, 3.05) is 7.05 Å². The second-order valence-electron chi connectivity index (χ2n) is 4.34. The van der Waals surface area contributed by atoms with Gasteiger partial charge in [0, 0.05) is 25.1 Å². The summed E-state index contributed by atoms with van der Waals surface area (Å²) in [5.41, 5.74) is 0.873. The summed E-state index contributed by atoms with van der Waals surface area (Å²) in [6, 6.07) is 7.46. The van der Waals surface area contributed by atoms with E-state index in [1.54, 1.807) is 7.05 Å². The highest BCUT2D eigenvalue weighted by Gasteiger charge is 2.27. The Kier molecular flexibility index (Phi) is 4.53. The van der Waals surface area contributed by atoms with Gasteiger partial charge in [-0.25, -0.2) is 13.4 Å². The van der Waals surface area contributed by atoms with Crippen molar-refractivity contribution in [1.82, 2.24) is 13.9 Å². The molecule has 0 aliphatic rings. The monoisotopic (exact) mass is 377 g/mol. The molecule has 0 unspecified atom stereocenters. The van der Waals surface area contributed by atoms with E-state index in [0.29, 0.717) is 0 Å². The van der Waals surface area contributed by atoms with E-state index in [1.807, 2.05) is 24.3 Å². The lowest BCUT2D eigenvalue weighted by Crippen LogP contribution is -2.27. The molecule has 0 bridgehead atoms. The van der Waals surface area contributed by atoms with Crippen LogP contribution in [0, 0.1) is 0 Å². The van der Waals surface area contributed by atoms with Gasteiger partial charge in [0.25, 0.3) is 10.0 Å². The Morgan fingerprint density at radius 2 is 2.15 bits per heavy atom. The molecule has 1 aromatic heterocycles. The Morgan fingerprint density at radius 1 is 1.45 bits per heavy atom. The lowest BCUT2D eigenvalue weighted by atomic mass is 10.2. The predicted molar refractivity (Wildman–Crippen MR) is 81.0 cm³/mol. The Bertz CT molecular complexity index is 730. The number of benzene rings is 1. The van der Waals surface area contributed by atoms with Gasteiger partial charge >= 0.3 is 0 Å². The van der Waals surface area contributed by atoms with Gasteiger partial charge in [-0.2, -0.15) is 4.31 Å². The maximum atomic E-state index is 12.4. The fraction of sp³-hybridized carbons (Fsp3) is 0.250. The van der Waals surface area contributed by atoms with Crippen LogP contribution in [0.3, 0.4) is 0 Å². The molecule has 0 saturated carbocycles. The summed E-state index contributed by atoms with van der Waals surface area (Å²) in [4.78, 5) is 3.86. The zero-order valence-corrected chi connectivity index (χ0v) is 14.1. The molecule has 5 nitrogen and oxygen atoms in total. The predicted octanol–water partition coefficient (Wildman–Crippen LogP) is 2.66. The van der Waals surface area contributed by atoms with Crippen LogP contribution in [0.25, 0.3) is 0 Å². The molecule has 108 valence electrons. The van der Waals surface area contributed by atoms with Gasteiger partial charge in [0.15, 0.2) is 0 Å². The summed E-state index contributed by atoms with van der Waals surface area (Å²) in [7, 11) is -0.563. The van der Waals surface area contributed by atoms with Crippen LogP contribution in [0.1, 0.15) is 5.56 Å². The van der Waals surface area contributed by atoms with E-state index >= 15 is 0 Å². The van der Waals surface area contributed by atoms with E-state index in [1.165, 1.54) is 22.2 Å². The van der Waals surface area contributed by atoms with Crippen molar-refractivity contribution in [2.45, 2.75) is 11.6 Å². The molecule has 0 aliphatic carbocycles. The van der Waals surface area contributed by atoms with E-state index < -0.39 is 10.0 Å². The molecule has 20 heavy (non-hydrogen) atoms. The van der Waals surface area contributed by atoms with Gasteiger partial charge in [-0.1, -0.05) is 39.7 Å². The number of aromatic nitrogens is 2. The van der Waals surface area contributed by atoms with Crippen LogP contribution in [0.15, 0.2) is 40.1 Å². The standard InChI is InChI=1S/C12H13BrClN3O2S/c1-16-8-15-12(11(16)14)20(18,19)17(2)7-9-4-3-5-10(13)6-9/h3-6,8H,7H2,1-2H3. The Labute approximate surface area is 131 Å². The lowest BCUT2D eigenvalue weighted by molar-refractivity contribution is 0.464. The van der Waals surface area contributed by atoms with Crippen molar-refractivity contribution in [2.24, 2.45) is 7.05 Å². The second-order valence-corrected chi connectivity index (χ2v) is 7.58. The second kappa shape index (κ2) is 5.85. The van der Waals surface area contributed by atoms with E-state index in [4.69, 9.17) is 11.6 Å². The van der Waals surface area contributed by atoms with Crippen molar-refractivity contribution in [1.29, 1.82) is 0 Å². The number of hydrogen-bond donors (Lipinski definition) is 0. The largest absolute Gasteiger partial charge is 0.324 e. The molecule has 0 N–H and O–H groups in total. The van der Waals surface area contributed by atoms with Gasteiger partial charge in [-0.3, -0.25) is 0 Å². The van der Waals surface area contributed by atoms with Gasteiger partial charge in [0.05, 0.1) is 6.33 Å². The molecule has 2 aromatic rings. The van der Waals surface area contributed by atoms with Crippen molar-refractivity contribution < 1.29 is 8.42 Å². The fourth-order valence-electron chi connectivity index (χ4n) is 1.69. The third-order valence-electron chi connectivity index (χ3n) is 2.78. The number of rotatable bonds is 4. The molecule has 0 radical (unpaired) electrons. The smallest absolute Gasteiger partial charge is 0.263 e. The average molecular weight is 379 g/mol. The lowest BCUT2D eigenvalue weighted by Gasteiger charge is -2.16. The third-order valence-corrected chi connectivity index (χ3v) is 5.57.